The second-order valence-electron chi connectivity index (χ2n) is 23.2. The number of aliphatic hydroxyl groups excluding tert-OH is 2. The molecule has 480 valence electrons. The molecule has 0 amide bonds. The maximum atomic E-state index is 12.7. The van der Waals surface area contributed by atoms with Gasteiger partial charge in [0.2, 0.25) is 0 Å². The first-order valence-corrected chi connectivity index (χ1v) is 31.6. The zero-order valence-electron chi connectivity index (χ0n) is 51.5. The number of nitrogens with zero attached hydrogens (tertiary/aromatic N) is 3. The highest BCUT2D eigenvalue weighted by atomic mass is 16.8. The van der Waals surface area contributed by atoms with Crippen LogP contribution >= 0.6 is 0 Å². The Hall–Kier alpha value is -7.49. The first-order chi connectivity index (χ1) is 45.4. The van der Waals surface area contributed by atoms with E-state index in [1.54, 1.807) is 0 Å². The maximum Gasteiger partial charge on any atom is 0.187 e. The summed E-state index contributed by atoms with van der Waals surface area (Å²) in [6.07, 6.45) is -16.8. The Morgan fingerprint density at radius 1 is 0.337 bits per heavy atom. The molecular formula is C75H81N3O14. The highest BCUT2D eigenvalue weighted by Crippen LogP contribution is 2.40. The molecule has 2 saturated heterocycles. The standard InChI is InChI=1S/C75H81N3O14/c1-2-60-65(82-44-53-29-13-4-14-30-53)70(85-47-56-35-19-7-20-36-56)73(88-50-59-41-25-10-26-42-59)75(89-60)91-66-61(51-81-43-52-27-11-3-12-28-52)90-74(62(77-78-76)67(66)83-45-54-31-15-5-16-32-54)92-69-64(80)63(79)68(84-46-55-33-17-6-18-34-55)71(86-48-57-37-21-8-22-38-57)72(69)87-49-58-39-23-9-24-40-58/h3-42,60-75,79-80H,2,43-51H2,1H3. The molecule has 1 aliphatic carbocycles. The van der Waals surface area contributed by atoms with E-state index < -0.39 is 98.0 Å². The molecule has 3 fully saturated rings. The van der Waals surface area contributed by atoms with Crippen molar-refractivity contribution < 1.29 is 67.1 Å². The van der Waals surface area contributed by atoms with Gasteiger partial charge in [-0.05, 0) is 56.5 Å². The van der Waals surface area contributed by atoms with Crippen LogP contribution in [0.15, 0.2) is 248 Å². The van der Waals surface area contributed by atoms with Crippen molar-refractivity contribution in [2.75, 3.05) is 6.61 Å². The second kappa shape index (κ2) is 34.4. The van der Waals surface area contributed by atoms with Gasteiger partial charge >= 0.3 is 0 Å². The fourth-order valence-corrected chi connectivity index (χ4v) is 12.0. The first kappa shape index (κ1) is 66.0. The Bertz CT molecular complexity index is 3410. The number of rotatable bonds is 31. The van der Waals surface area contributed by atoms with E-state index in [0.29, 0.717) is 6.42 Å². The van der Waals surface area contributed by atoms with Crippen molar-refractivity contribution in [2.24, 2.45) is 5.11 Å². The Kier molecular flexibility index (Phi) is 24.7. The van der Waals surface area contributed by atoms with E-state index in [0.717, 1.165) is 44.5 Å². The molecule has 1 saturated carbocycles. The Labute approximate surface area is 538 Å². The fourth-order valence-electron chi connectivity index (χ4n) is 12.0. The number of aliphatic hydroxyl groups is 2. The largest absolute Gasteiger partial charge is 0.387 e. The predicted octanol–water partition coefficient (Wildman–Crippen LogP) is 12.3. The van der Waals surface area contributed by atoms with Crippen LogP contribution in [0, 0.1) is 0 Å². The highest BCUT2D eigenvalue weighted by Gasteiger charge is 2.58. The molecule has 2 aliphatic heterocycles. The smallest absolute Gasteiger partial charge is 0.187 e. The lowest BCUT2D eigenvalue weighted by molar-refractivity contribution is -0.371. The van der Waals surface area contributed by atoms with Gasteiger partial charge in [0.1, 0.15) is 79.3 Å². The zero-order chi connectivity index (χ0) is 63.1. The molecule has 11 rings (SSSR count). The maximum absolute atomic E-state index is 12.7. The second-order valence-corrected chi connectivity index (χ2v) is 23.2. The van der Waals surface area contributed by atoms with E-state index in [2.05, 4.69) is 10.0 Å². The minimum atomic E-state index is -1.69. The van der Waals surface area contributed by atoms with Crippen LogP contribution in [-0.2, 0) is 110 Å². The van der Waals surface area contributed by atoms with Gasteiger partial charge < -0.3 is 67.1 Å². The van der Waals surface area contributed by atoms with E-state index in [-0.39, 0.29) is 59.5 Å². The Morgan fingerprint density at radius 3 is 1.01 bits per heavy atom. The topological polar surface area (TPSA) is 200 Å². The third-order valence-corrected chi connectivity index (χ3v) is 16.8. The molecule has 2 N–H and O–H groups in total. The zero-order valence-corrected chi connectivity index (χ0v) is 51.5. The monoisotopic (exact) mass is 1250 g/mol. The summed E-state index contributed by atoms with van der Waals surface area (Å²) in [4.78, 5) is 3.43. The number of azide groups is 1. The summed E-state index contributed by atoms with van der Waals surface area (Å²) in [7, 11) is 0. The van der Waals surface area contributed by atoms with Gasteiger partial charge in [-0.2, -0.15) is 0 Å². The molecule has 8 aromatic carbocycles. The molecule has 8 aromatic rings. The van der Waals surface area contributed by atoms with Gasteiger partial charge in [0.15, 0.2) is 12.6 Å². The van der Waals surface area contributed by atoms with Crippen LogP contribution in [0.4, 0.5) is 0 Å². The lowest BCUT2D eigenvalue weighted by atomic mass is 9.83. The van der Waals surface area contributed by atoms with Crippen LogP contribution in [0.25, 0.3) is 10.4 Å². The summed E-state index contributed by atoms with van der Waals surface area (Å²) in [5, 5.41) is 29.7. The molecular weight excluding hydrogens is 1170 g/mol. The van der Waals surface area contributed by atoms with E-state index in [1.165, 1.54) is 0 Å². The third kappa shape index (κ3) is 18.0. The average Bonchev–Trinajstić information content (AvgIpc) is 0.800. The lowest BCUT2D eigenvalue weighted by Crippen LogP contribution is -2.69. The van der Waals surface area contributed by atoms with Crippen LogP contribution in [0.2, 0.25) is 0 Å². The Morgan fingerprint density at radius 2 is 0.630 bits per heavy atom. The molecule has 0 bridgehead atoms. The minimum absolute atomic E-state index is 0.0196. The average molecular weight is 1250 g/mol. The van der Waals surface area contributed by atoms with Gasteiger partial charge in [0, 0.05) is 4.91 Å². The third-order valence-electron chi connectivity index (χ3n) is 16.8. The van der Waals surface area contributed by atoms with E-state index in [4.69, 9.17) is 56.8 Å². The molecule has 0 radical (unpaired) electrons. The predicted molar refractivity (Wildman–Crippen MR) is 344 cm³/mol. The molecule has 92 heavy (non-hydrogen) atoms. The van der Waals surface area contributed by atoms with Crippen LogP contribution < -0.4 is 0 Å². The molecule has 17 heteroatoms. The van der Waals surface area contributed by atoms with Crippen molar-refractivity contribution in [1.29, 1.82) is 0 Å². The van der Waals surface area contributed by atoms with Gasteiger partial charge in [-0.25, -0.2) is 0 Å². The summed E-state index contributed by atoms with van der Waals surface area (Å²) in [5.41, 5.74) is 17.8. The number of ether oxygens (including phenoxy) is 12. The van der Waals surface area contributed by atoms with Crippen molar-refractivity contribution in [1.82, 2.24) is 0 Å². The van der Waals surface area contributed by atoms with Crippen LogP contribution in [0.3, 0.4) is 0 Å². The molecule has 3 aliphatic rings. The molecule has 16 atom stereocenters. The van der Waals surface area contributed by atoms with Crippen molar-refractivity contribution >= 4 is 0 Å². The van der Waals surface area contributed by atoms with Gasteiger partial charge in [-0.3, -0.25) is 0 Å². The van der Waals surface area contributed by atoms with Crippen LogP contribution in [-0.4, -0.2) is 115 Å². The number of hydrogen-bond acceptors (Lipinski definition) is 15. The molecule has 17 nitrogen and oxygen atoms in total. The fraction of sp³-hybridized carbons (Fsp3) is 0.360. The van der Waals surface area contributed by atoms with Crippen LogP contribution in [0.5, 0.6) is 0 Å². The number of benzene rings is 8. The van der Waals surface area contributed by atoms with Crippen LogP contribution in [0.1, 0.15) is 57.9 Å². The molecule has 0 spiro atoms. The van der Waals surface area contributed by atoms with Gasteiger partial charge in [0.25, 0.3) is 0 Å². The van der Waals surface area contributed by atoms with Crippen molar-refractivity contribution in [3.8, 4) is 0 Å². The van der Waals surface area contributed by atoms with Crippen molar-refractivity contribution in [3.63, 3.8) is 0 Å². The van der Waals surface area contributed by atoms with Gasteiger partial charge in [-0.1, -0.05) is 255 Å². The van der Waals surface area contributed by atoms with E-state index in [9.17, 15) is 15.7 Å². The normalized spacial score (nSPS) is 27.2. The van der Waals surface area contributed by atoms with Crippen molar-refractivity contribution in [2.45, 2.75) is 164 Å². The highest BCUT2D eigenvalue weighted by molar-refractivity contribution is 5.20. The lowest BCUT2D eigenvalue weighted by Gasteiger charge is -2.51. The quantitative estimate of drug-likeness (QED) is 0.0236. The van der Waals surface area contributed by atoms with Crippen molar-refractivity contribution in [3.05, 3.63) is 298 Å². The molecule has 16 unspecified atom stereocenters. The first-order valence-electron chi connectivity index (χ1n) is 31.6. The molecule has 2 heterocycles. The summed E-state index contributed by atoms with van der Waals surface area (Å²) in [6, 6.07) is 76.4. The van der Waals surface area contributed by atoms with Gasteiger partial charge in [0.05, 0.1) is 65.6 Å². The number of hydrogen-bond donors (Lipinski definition) is 2. The Balaban J connectivity index is 0.986. The van der Waals surface area contributed by atoms with E-state index >= 15 is 0 Å². The van der Waals surface area contributed by atoms with E-state index in [1.807, 2.05) is 250 Å². The summed E-state index contributed by atoms with van der Waals surface area (Å²) in [6.45, 7) is 2.95. The summed E-state index contributed by atoms with van der Waals surface area (Å²) < 4.78 is 84.2. The summed E-state index contributed by atoms with van der Waals surface area (Å²) >= 11 is 0. The van der Waals surface area contributed by atoms with Gasteiger partial charge in [-0.15, -0.1) is 0 Å². The minimum Gasteiger partial charge on any atom is -0.387 e. The SMILES string of the molecule is CCC1OC(OC2C(COCc3ccccc3)OC(OC3C(O)C(O)C(OCc4ccccc4)C(OCc4ccccc4)C3OCc3ccccc3)C(N=[N+]=[N-])C2OCc2ccccc2)C(OCc2ccccc2)C(OCc2ccccc2)C1OCc1ccccc1. The molecule has 0 aromatic heterocycles. The summed E-state index contributed by atoms with van der Waals surface area (Å²) in [5.74, 6) is 0.